The molecule has 0 spiro atoms. The predicted octanol–water partition coefficient (Wildman–Crippen LogP) is 3.20. The Balaban J connectivity index is 1.57. The number of rotatable bonds is 4. The molecule has 5 heteroatoms. The minimum absolute atomic E-state index is 0.0764. The van der Waals surface area contributed by atoms with Crippen LogP contribution >= 0.6 is 0 Å². The van der Waals surface area contributed by atoms with E-state index in [4.69, 9.17) is 0 Å². The standard InChI is InChI=1S/C19H24N4O/c1-14-5-7-16(8-6-14)12-19(24)20-17-9-10-18(22-21-17)23-11-3-4-15(2)13-23/h5-10,15H,3-4,11-13H2,1-2H3,(H,20,21,24). The van der Waals surface area contributed by atoms with Crippen LogP contribution in [-0.2, 0) is 11.2 Å². The largest absolute Gasteiger partial charge is 0.355 e. The van der Waals surface area contributed by atoms with Gasteiger partial charge in [-0.15, -0.1) is 10.2 Å². The number of piperidine rings is 1. The monoisotopic (exact) mass is 324 g/mol. The molecule has 1 unspecified atom stereocenters. The summed E-state index contributed by atoms with van der Waals surface area (Å²) >= 11 is 0. The number of aromatic nitrogens is 2. The van der Waals surface area contributed by atoms with Gasteiger partial charge in [-0.2, -0.15) is 0 Å². The second-order valence-electron chi connectivity index (χ2n) is 6.68. The van der Waals surface area contributed by atoms with Crippen molar-refractivity contribution in [1.82, 2.24) is 10.2 Å². The van der Waals surface area contributed by atoms with Gasteiger partial charge < -0.3 is 10.2 Å². The van der Waals surface area contributed by atoms with Crippen LogP contribution in [0.5, 0.6) is 0 Å². The lowest BCUT2D eigenvalue weighted by Gasteiger charge is -2.31. The molecule has 5 nitrogen and oxygen atoms in total. The molecule has 0 saturated carbocycles. The average Bonchev–Trinajstić information content (AvgIpc) is 2.58. The topological polar surface area (TPSA) is 58.1 Å². The predicted molar refractivity (Wildman–Crippen MR) is 96.2 cm³/mol. The molecule has 3 rings (SSSR count). The molecule has 1 atom stereocenters. The normalized spacial score (nSPS) is 17.6. The maximum Gasteiger partial charge on any atom is 0.229 e. The van der Waals surface area contributed by atoms with Gasteiger partial charge in [-0.1, -0.05) is 36.8 Å². The van der Waals surface area contributed by atoms with E-state index in [-0.39, 0.29) is 5.91 Å². The van der Waals surface area contributed by atoms with Crippen LogP contribution in [0, 0.1) is 12.8 Å². The summed E-state index contributed by atoms with van der Waals surface area (Å²) < 4.78 is 0. The highest BCUT2D eigenvalue weighted by Crippen LogP contribution is 2.21. The number of hydrogen-bond donors (Lipinski definition) is 1. The molecule has 1 aromatic heterocycles. The molecule has 1 aliphatic rings. The van der Waals surface area contributed by atoms with Crippen LogP contribution in [0.15, 0.2) is 36.4 Å². The van der Waals surface area contributed by atoms with Gasteiger partial charge in [0.15, 0.2) is 11.6 Å². The maximum absolute atomic E-state index is 12.1. The van der Waals surface area contributed by atoms with Gasteiger partial charge in [0.05, 0.1) is 6.42 Å². The van der Waals surface area contributed by atoms with Crippen molar-refractivity contribution in [2.45, 2.75) is 33.1 Å². The second-order valence-corrected chi connectivity index (χ2v) is 6.68. The fourth-order valence-electron chi connectivity index (χ4n) is 3.04. The highest BCUT2D eigenvalue weighted by Gasteiger charge is 2.17. The van der Waals surface area contributed by atoms with Crippen molar-refractivity contribution in [1.29, 1.82) is 0 Å². The fraction of sp³-hybridized carbons (Fsp3) is 0.421. The Morgan fingerprint density at radius 2 is 2.00 bits per heavy atom. The fourth-order valence-corrected chi connectivity index (χ4v) is 3.04. The summed E-state index contributed by atoms with van der Waals surface area (Å²) in [6.07, 6.45) is 2.81. The summed E-state index contributed by atoms with van der Waals surface area (Å²) in [5.74, 6) is 2.00. The third kappa shape index (κ3) is 4.31. The van der Waals surface area contributed by atoms with Crippen LogP contribution in [0.1, 0.15) is 30.9 Å². The van der Waals surface area contributed by atoms with E-state index < -0.39 is 0 Å². The number of hydrogen-bond acceptors (Lipinski definition) is 4. The smallest absolute Gasteiger partial charge is 0.229 e. The van der Waals surface area contributed by atoms with E-state index in [2.05, 4.69) is 27.3 Å². The third-order valence-electron chi connectivity index (χ3n) is 4.38. The van der Waals surface area contributed by atoms with Gasteiger partial charge in [-0.3, -0.25) is 4.79 Å². The van der Waals surface area contributed by atoms with Crippen LogP contribution in [0.3, 0.4) is 0 Å². The van der Waals surface area contributed by atoms with Gasteiger partial charge in [-0.25, -0.2) is 0 Å². The molecule has 0 radical (unpaired) electrons. The van der Waals surface area contributed by atoms with Gasteiger partial charge >= 0.3 is 0 Å². The molecule has 1 saturated heterocycles. The number of nitrogens with one attached hydrogen (secondary N) is 1. The average molecular weight is 324 g/mol. The first-order chi connectivity index (χ1) is 11.6. The Bertz CT molecular complexity index is 682. The highest BCUT2D eigenvalue weighted by molar-refractivity contribution is 5.91. The number of benzene rings is 1. The number of nitrogens with zero attached hydrogens (tertiary/aromatic N) is 3. The second kappa shape index (κ2) is 7.43. The molecule has 1 amide bonds. The summed E-state index contributed by atoms with van der Waals surface area (Å²) in [5, 5.41) is 11.2. The van der Waals surface area contributed by atoms with Gasteiger partial charge in [0.1, 0.15) is 0 Å². The zero-order chi connectivity index (χ0) is 16.9. The zero-order valence-electron chi connectivity index (χ0n) is 14.3. The summed E-state index contributed by atoms with van der Waals surface area (Å²) in [6.45, 7) is 6.34. The van der Waals surface area contributed by atoms with Gasteiger partial charge in [-0.05, 0) is 43.4 Å². The summed E-state index contributed by atoms with van der Waals surface area (Å²) in [5.41, 5.74) is 2.18. The third-order valence-corrected chi connectivity index (χ3v) is 4.38. The van der Waals surface area contributed by atoms with Crippen molar-refractivity contribution in [3.05, 3.63) is 47.5 Å². The van der Waals surface area contributed by atoms with Crippen molar-refractivity contribution in [2.75, 3.05) is 23.3 Å². The van der Waals surface area contributed by atoms with Crippen molar-refractivity contribution < 1.29 is 4.79 Å². The van der Waals surface area contributed by atoms with E-state index >= 15 is 0 Å². The Labute approximate surface area is 143 Å². The summed E-state index contributed by atoms with van der Waals surface area (Å²) in [7, 11) is 0. The molecule has 24 heavy (non-hydrogen) atoms. The SMILES string of the molecule is Cc1ccc(CC(=O)Nc2ccc(N3CCCC(C)C3)nn2)cc1. The zero-order valence-corrected chi connectivity index (χ0v) is 14.3. The Morgan fingerprint density at radius 3 is 2.67 bits per heavy atom. The molecule has 2 aromatic rings. The van der Waals surface area contributed by atoms with Crippen LogP contribution in [0.25, 0.3) is 0 Å². The quantitative estimate of drug-likeness (QED) is 0.938. The van der Waals surface area contributed by atoms with Crippen molar-refractivity contribution in [2.24, 2.45) is 5.92 Å². The minimum Gasteiger partial charge on any atom is -0.355 e. The molecule has 2 heterocycles. The molecule has 1 aliphatic heterocycles. The number of amides is 1. The minimum atomic E-state index is -0.0764. The maximum atomic E-state index is 12.1. The molecule has 0 bridgehead atoms. The highest BCUT2D eigenvalue weighted by atomic mass is 16.1. The summed E-state index contributed by atoms with van der Waals surface area (Å²) in [6, 6.07) is 11.7. The molecule has 1 aromatic carbocycles. The van der Waals surface area contributed by atoms with Gasteiger partial charge in [0, 0.05) is 13.1 Å². The van der Waals surface area contributed by atoms with E-state index in [0.29, 0.717) is 18.2 Å². The first-order valence-electron chi connectivity index (χ1n) is 8.54. The molecule has 126 valence electrons. The van der Waals surface area contributed by atoms with Gasteiger partial charge in [0.2, 0.25) is 5.91 Å². The number of carbonyl (C=O) groups excluding carboxylic acids is 1. The van der Waals surface area contributed by atoms with E-state index in [1.54, 1.807) is 0 Å². The van der Waals surface area contributed by atoms with Gasteiger partial charge in [0.25, 0.3) is 0 Å². The molecule has 1 N–H and O–H groups in total. The first-order valence-corrected chi connectivity index (χ1v) is 8.54. The van der Waals surface area contributed by atoms with Crippen LogP contribution in [0.2, 0.25) is 0 Å². The lowest BCUT2D eigenvalue weighted by atomic mass is 10.0. The van der Waals surface area contributed by atoms with Crippen molar-refractivity contribution in [3.8, 4) is 0 Å². The Kier molecular flexibility index (Phi) is 5.08. The van der Waals surface area contributed by atoms with Crippen LogP contribution in [-0.4, -0.2) is 29.2 Å². The van der Waals surface area contributed by atoms with Crippen molar-refractivity contribution in [3.63, 3.8) is 0 Å². The Morgan fingerprint density at radius 1 is 1.21 bits per heavy atom. The number of aryl methyl sites for hydroxylation is 1. The summed E-state index contributed by atoms with van der Waals surface area (Å²) in [4.78, 5) is 14.4. The van der Waals surface area contributed by atoms with E-state index in [0.717, 1.165) is 24.5 Å². The number of carbonyl (C=O) groups is 1. The van der Waals surface area contributed by atoms with E-state index in [9.17, 15) is 4.79 Å². The Hall–Kier alpha value is -2.43. The lowest BCUT2D eigenvalue weighted by Crippen LogP contribution is -2.34. The van der Waals surface area contributed by atoms with Crippen LogP contribution in [0.4, 0.5) is 11.6 Å². The lowest BCUT2D eigenvalue weighted by molar-refractivity contribution is -0.115. The molecular formula is C19H24N4O. The molecular weight excluding hydrogens is 300 g/mol. The first kappa shape index (κ1) is 16.4. The van der Waals surface area contributed by atoms with E-state index in [1.807, 2.05) is 43.3 Å². The molecule has 1 fully saturated rings. The number of anilines is 2. The van der Waals surface area contributed by atoms with E-state index in [1.165, 1.54) is 18.4 Å². The molecule has 0 aliphatic carbocycles. The van der Waals surface area contributed by atoms with Crippen LogP contribution < -0.4 is 10.2 Å². The van der Waals surface area contributed by atoms with Crippen molar-refractivity contribution >= 4 is 17.5 Å².